The Labute approximate surface area is 548 Å². The number of aliphatic carboxylic acids is 4. The molecule has 7 amide bonds. The minimum Gasteiger partial charge on any atom is -0.505 e. The Balaban J connectivity index is 0.835. The molecule has 5 atom stereocenters. The number of imide groups is 1. The molecular weight excluding hydrogens is 1300 g/mol. The summed E-state index contributed by atoms with van der Waals surface area (Å²) in [5.74, 6) is -14.9. The highest BCUT2D eigenvalue weighted by Crippen LogP contribution is 2.44. The Kier molecular flexibility index (Phi) is 29.8. The zero-order valence-electron chi connectivity index (χ0n) is 51.2. The normalized spacial score (nSPS) is 14.2. The number of aromatic hydroxyl groups is 1. The molecule has 0 saturated carbocycles. The van der Waals surface area contributed by atoms with Gasteiger partial charge in [0.15, 0.2) is 17.4 Å². The summed E-state index contributed by atoms with van der Waals surface area (Å²) in [6.45, 7) is 2.39. The number of nitrogens with zero attached hydrogens (tertiary/aromatic N) is 1. The highest BCUT2D eigenvalue weighted by Gasteiger charge is 2.42. The van der Waals surface area contributed by atoms with Crippen LogP contribution in [0.5, 0.6) is 5.75 Å². The van der Waals surface area contributed by atoms with Crippen molar-refractivity contribution in [3.05, 3.63) is 106 Å². The minimum absolute atomic E-state index is 0.0458. The van der Waals surface area contributed by atoms with E-state index in [0.717, 1.165) is 42.1 Å². The third-order valence-corrected chi connectivity index (χ3v) is 15.4. The average molecular weight is 1370 g/mol. The van der Waals surface area contributed by atoms with Crippen molar-refractivity contribution in [3.8, 4) is 28.2 Å². The number of phenols is 1. The highest BCUT2D eigenvalue weighted by molar-refractivity contribution is 8.00. The van der Waals surface area contributed by atoms with Gasteiger partial charge in [-0.1, -0.05) is 36.4 Å². The molecule has 2 heterocycles. The Morgan fingerprint density at radius 1 is 0.594 bits per heavy atom. The SMILES string of the molecule is O=C(O)CC[C@H](NC(=O)N[C@H](CCC(=O)NCCOCCOCCOCCOCCOCCOCCC(=O)N[C@@H](Cc1ccccc1)C(=O)N[C@@H](CSC1CC(=O)N(c2ccc(-c3c4cc(F)c(=O)cc-4oc4cc(O)c(F)cc34)c(C(=O)O)c2)C1=O)C(=O)O)C(=O)O)C(=O)O. The predicted molar refractivity (Wildman–Crippen MR) is 331 cm³/mol. The Hall–Kier alpha value is -9.71. The summed E-state index contributed by atoms with van der Waals surface area (Å²) in [5.41, 5.74) is -1.85. The second kappa shape index (κ2) is 38.0. The molecule has 1 fully saturated rings. The number of hydrogen-bond acceptors (Lipinski definition) is 21. The van der Waals surface area contributed by atoms with Gasteiger partial charge in [-0.3, -0.25) is 33.6 Å². The number of carboxylic acids is 5. The fourth-order valence-electron chi connectivity index (χ4n) is 9.38. The number of aromatic carboxylic acids is 1. The largest absolute Gasteiger partial charge is 0.505 e. The van der Waals surface area contributed by atoms with E-state index in [1.807, 2.05) is 5.32 Å². The predicted octanol–water partition coefficient (Wildman–Crippen LogP) is 2.37. The van der Waals surface area contributed by atoms with Gasteiger partial charge in [0.2, 0.25) is 35.0 Å². The van der Waals surface area contributed by atoms with Crippen molar-refractivity contribution in [2.24, 2.45) is 0 Å². The van der Waals surface area contributed by atoms with Crippen LogP contribution in [0.1, 0.15) is 54.4 Å². The van der Waals surface area contributed by atoms with Crippen molar-refractivity contribution in [1.82, 2.24) is 26.6 Å². The molecule has 11 N–H and O–H groups in total. The topological polar surface area (TPSA) is 458 Å². The van der Waals surface area contributed by atoms with Crippen LogP contribution in [0.4, 0.5) is 19.3 Å². The zero-order valence-corrected chi connectivity index (χ0v) is 52.0. The zero-order chi connectivity index (χ0) is 69.8. The van der Waals surface area contributed by atoms with Crippen LogP contribution in [-0.4, -0.2) is 217 Å². The van der Waals surface area contributed by atoms with E-state index >= 15 is 0 Å². The molecule has 1 saturated heterocycles. The van der Waals surface area contributed by atoms with Gasteiger partial charge >= 0.3 is 35.9 Å². The highest BCUT2D eigenvalue weighted by atomic mass is 32.2. The summed E-state index contributed by atoms with van der Waals surface area (Å²) >= 11 is 0.738. The second-order valence-corrected chi connectivity index (χ2v) is 22.3. The number of halogens is 2. The van der Waals surface area contributed by atoms with Gasteiger partial charge in [-0.05, 0) is 48.2 Å². The maximum atomic E-state index is 14.8. The summed E-state index contributed by atoms with van der Waals surface area (Å²) < 4.78 is 68.0. The maximum absolute atomic E-state index is 14.8. The maximum Gasteiger partial charge on any atom is 0.336 e. The molecule has 3 aliphatic rings. The van der Waals surface area contributed by atoms with E-state index in [-0.39, 0.29) is 151 Å². The number of rotatable bonds is 43. The number of hydrogen-bond donors (Lipinski definition) is 11. The fourth-order valence-corrected chi connectivity index (χ4v) is 10.5. The van der Waals surface area contributed by atoms with Crippen molar-refractivity contribution < 1.29 is 125 Å². The van der Waals surface area contributed by atoms with E-state index in [1.54, 1.807) is 30.3 Å². The smallest absolute Gasteiger partial charge is 0.336 e. The molecule has 3 aromatic carbocycles. The van der Waals surface area contributed by atoms with Crippen molar-refractivity contribution in [3.63, 3.8) is 0 Å². The van der Waals surface area contributed by atoms with Gasteiger partial charge in [-0.25, -0.2) is 37.7 Å². The van der Waals surface area contributed by atoms with E-state index in [2.05, 4.69) is 21.3 Å². The summed E-state index contributed by atoms with van der Waals surface area (Å²) in [6, 6.07) is 8.05. The first-order valence-electron chi connectivity index (χ1n) is 29.7. The first-order chi connectivity index (χ1) is 45.9. The molecule has 34 heteroatoms. The number of ether oxygens (including phenoxy) is 6. The van der Waals surface area contributed by atoms with Gasteiger partial charge in [0.05, 0.1) is 95.8 Å². The van der Waals surface area contributed by atoms with Crippen LogP contribution in [0.15, 0.2) is 82.0 Å². The molecule has 0 aromatic heterocycles. The van der Waals surface area contributed by atoms with E-state index < -0.39 is 148 Å². The molecule has 0 bridgehead atoms. The van der Waals surface area contributed by atoms with E-state index in [0.29, 0.717) is 10.5 Å². The Morgan fingerprint density at radius 3 is 1.74 bits per heavy atom. The lowest BCUT2D eigenvalue weighted by atomic mass is 9.90. The third kappa shape index (κ3) is 23.3. The number of nitrogens with one attached hydrogen (secondary N) is 5. The number of fused-ring (bicyclic) bond motifs is 2. The molecule has 0 spiro atoms. The van der Waals surface area contributed by atoms with E-state index in [9.17, 15) is 86.7 Å². The number of carboxylic acid groups (broad SMARTS) is 5. The standard InChI is InChI=1S/C62H70F2N6O25S/c63-40-28-38-48(30-46(40)71)95-49-31-47(72)41(64)29-39(49)55(38)36-7-6-35(27-37(36)58(80)81)70-53(75)32-50(57(70)79)96-33-45(61(86)87)67-56(78)44(26-34-4-2-1-3-5-34)66-52(74)12-14-89-16-18-91-20-22-93-24-25-94-23-21-92-19-17-90-15-13-65-51(73)10-8-42(59(82)83)68-62(88)69-43(60(84)85)9-11-54(76)77/h1-7,27-31,42-45,50,71H,8-26,32-33H2,(H,65,73)(H,66,74)(H,67,78)(H,76,77)(H,80,81)(H,82,83)(H,84,85)(H,86,87)(H2,68,69,88)/t42-,43+,44+,45+,50?/m1/s1. The van der Waals surface area contributed by atoms with Crippen LogP contribution in [0, 0.1) is 11.6 Å². The number of thioether (sulfide) groups is 1. The number of urea groups is 1. The van der Waals surface area contributed by atoms with Crippen LogP contribution < -0.4 is 36.9 Å². The van der Waals surface area contributed by atoms with E-state index in [4.69, 9.17) is 43.1 Å². The molecular formula is C62H70F2N6O25S. The van der Waals surface area contributed by atoms with Crippen LogP contribution >= 0.6 is 11.8 Å². The van der Waals surface area contributed by atoms with Crippen LogP contribution in [0.2, 0.25) is 0 Å². The summed E-state index contributed by atoms with van der Waals surface area (Å²) in [5, 5.41) is 68.3. The van der Waals surface area contributed by atoms with Crippen LogP contribution in [0.25, 0.3) is 33.4 Å². The summed E-state index contributed by atoms with van der Waals surface area (Å²) in [6.07, 6.45) is -2.28. The van der Waals surface area contributed by atoms with Crippen molar-refractivity contribution in [2.45, 2.75) is 74.4 Å². The molecule has 96 heavy (non-hydrogen) atoms. The monoisotopic (exact) mass is 1370 g/mol. The van der Waals surface area contributed by atoms with Gasteiger partial charge in [-0.2, -0.15) is 0 Å². The lowest BCUT2D eigenvalue weighted by Crippen LogP contribution is -2.53. The number of carbonyl (C=O) groups excluding carboxylic acids is 6. The molecule has 0 radical (unpaired) electrons. The van der Waals surface area contributed by atoms with Crippen molar-refractivity contribution >= 4 is 93.8 Å². The number of phenolic OH excluding ortho intramolecular Hbond substituents is 1. The Morgan fingerprint density at radius 2 is 1.17 bits per heavy atom. The van der Waals surface area contributed by atoms with Gasteiger partial charge < -0.3 is 90.1 Å². The number of anilines is 1. The fraction of sp³-hybridized carbons (Fsp3) is 0.419. The first-order valence-corrected chi connectivity index (χ1v) is 30.8. The number of amides is 7. The number of benzene rings is 4. The van der Waals surface area contributed by atoms with Crippen molar-refractivity contribution in [1.29, 1.82) is 0 Å². The van der Waals surface area contributed by atoms with Gasteiger partial charge in [0.1, 0.15) is 35.5 Å². The number of carbonyl (C=O) groups is 11. The second-order valence-electron chi connectivity index (χ2n) is 21.0. The summed E-state index contributed by atoms with van der Waals surface area (Å²) in [7, 11) is 0. The lowest BCUT2D eigenvalue weighted by Gasteiger charge is -2.22. The summed E-state index contributed by atoms with van der Waals surface area (Å²) in [4.78, 5) is 151. The first kappa shape index (κ1) is 75.3. The average Bonchev–Trinajstić information content (AvgIpc) is 0.795. The van der Waals surface area contributed by atoms with Crippen LogP contribution in [-0.2, 0) is 78.0 Å². The van der Waals surface area contributed by atoms with Gasteiger partial charge in [0, 0.05) is 73.0 Å². The molecule has 3 aromatic rings. The third-order valence-electron chi connectivity index (χ3n) is 14.1. The lowest BCUT2D eigenvalue weighted by molar-refractivity contribution is -0.142. The molecule has 31 nitrogen and oxygen atoms in total. The van der Waals surface area contributed by atoms with E-state index in [1.165, 1.54) is 12.1 Å². The molecule has 6 rings (SSSR count). The molecule has 1 unspecified atom stereocenters. The minimum atomic E-state index is -1.64. The Bertz CT molecular complexity index is 3620. The molecule has 1 aliphatic carbocycles. The molecule has 2 aliphatic heterocycles. The quantitative estimate of drug-likeness (QED) is 0.0152. The van der Waals surface area contributed by atoms with Gasteiger partial charge in [-0.15, -0.1) is 11.8 Å². The molecule has 518 valence electrons. The van der Waals surface area contributed by atoms with Crippen molar-refractivity contribution in [2.75, 3.05) is 96.5 Å². The van der Waals surface area contributed by atoms with Crippen LogP contribution in [0.3, 0.4) is 0 Å². The van der Waals surface area contributed by atoms with Gasteiger partial charge in [0.25, 0.3) is 0 Å².